The average molecular weight is 1060 g/mol. The van der Waals surface area contributed by atoms with Gasteiger partial charge in [0.05, 0.1) is 42.6 Å². The van der Waals surface area contributed by atoms with Gasteiger partial charge in [-0.05, 0) is 94.2 Å². The molecule has 21 nitrogen and oxygen atoms in total. The molecule has 2 amide bonds. The summed E-state index contributed by atoms with van der Waals surface area (Å²) in [6.45, 7) is 1.60. The summed E-state index contributed by atoms with van der Waals surface area (Å²) >= 11 is 0. The second-order valence-electron chi connectivity index (χ2n) is 22.1. The van der Waals surface area contributed by atoms with Crippen LogP contribution in [0.3, 0.4) is 0 Å². The van der Waals surface area contributed by atoms with Crippen molar-refractivity contribution in [1.29, 1.82) is 0 Å². The normalized spacial score (nSPS) is 29.9. The summed E-state index contributed by atoms with van der Waals surface area (Å²) in [5, 5.41) is 26.9. The Kier molecular flexibility index (Phi) is 11.6. The minimum Gasteiger partial charge on any atom is -0.443 e. The van der Waals surface area contributed by atoms with Crippen LogP contribution in [0.25, 0.3) is 22.4 Å². The smallest absolute Gasteiger partial charge is 0.408 e. The molecule has 7 aromatic rings. The van der Waals surface area contributed by atoms with Gasteiger partial charge in [0.2, 0.25) is 11.6 Å². The van der Waals surface area contributed by atoms with Crippen molar-refractivity contribution in [2.75, 3.05) is 30.4 Å². The number of nitrogens with one attached hydrogen (secondary N) is 6. The molecule has 0 radical (unpaired) electrons. The fraction of sp³-hybridized carbons (Fsp3) is 0.500. The number of carbonyl (C=O) groups is 2. The third-order valence-electron chi connectivity index (χ3n) is 17.4. The van der Waals surface area contributed by atoms with Crippen LogP contribution in [0.1, 0.15) is 93.3 Å². The third kappa shape index (κ3) is 8.74. The summed E-state index contributed by atoms with van der Waals surface area (Å²) < 4.78 is 89.4. The highest BCUT2D eigenvalue weighted by Gasteiger charge is 2.58. The number of imidazole rings is 1. The minimum absolute atomic E-state index is 0.0135. The summed E-state index contributed by atoms with van der Waals surface area (Å²) in [7, 11) is 0. The number of ether oxygens (including phenoxy) is 4. The highest BCUT2D eigenvalue weighted by Crippen LogP contribution is 2.57. The number of alkyl carbamates (subject to hydrolysis) is 2. The number of halogens is 4. The van der Waals surface area contributed by atoms with Crippen LogP contribution in [0.4, 0.5) is 50.6 Å². The summed E-state index contributed by atoms with van der Waals surface area (Å²) in [6, 6.07) is 10.3. The van der Waals surface area contributed by atoms with Crippen LogP contribution < -0.4 is 25.9 Å². The van der Waals surface area contributed by atoms with Crippen molar-refractivity contribution < 1.29 is 50.8 Å². The van der Waals surface area contributed by atoms with Crippen molar-refractivity contribution >= 4 is 46.8 Å². The monoisotopic (exact) mass is 1060 g/mol. The van der Waals surface area contributed by atoms with E-state index in [0.29, 0.717) is 89.5 Å². The van der Waals surface area contributed by atoms with E-state index in [1.807, 2.05) is 10.6 Å². The number of hydrogen-bond acceptors (Lipinski definition) is 14. The molecule has 6 saturated carbocycles. The number of nitrogens with zero attached hydrogens (tertiary/aromatic N) is 9. The first-order chi connectivity index (χ1) is 37.4. The molecule has 2 aliphatic heterocycles. The van der Waals surface area contributed by atoms with Crippen LogP contribution in [-0.2, 0) is 32.2 Å². The van der Waals surface area contributed by atoms with Gasteiger partial charge >= 0.3 is 12.2 Å². The third-order valence-corrected chi connectivity index (χ3v) is 17.4. The molecule has 6 N–H and O–H groups in total. The maximum Gasteiger partial charge on any atom is 0.408 e. The van der Waals surface area contributed by atoms with Crippen molar-refractivity contribution in [2.24, 2.45) is 11.8 Å². The molecule has 7 atom stereocenters. The molecule has 77 heavy (non-hydrogen) atoms. The maximum absolute atomic E-state index is 15.8. The van der Waals surface area contributed by atoms with Gasteiger partial charge in [-0.1, -0.05) is 4.68 Å². The predicted octanol–water partition coefficient (Wildman–Crippen LogP) is 7.10. The van der Waals surface area contributed by atoms with Gasteiger partial charge < -0.3 is 40.2 Å². The number of H-pyrrole nitrogens is 2. The number of aromatic amines is 2. The van der Waals surface area contributed by atoms with Crippen LogP contribution in [0, 0.1) is 23.5 Å². The maximum atomic E-state index is 15.8. The number of fused-ring (bicyclic) bond motifs is 3. The molecule has 8 aliphatic rings. The minimum atomic E-state index is -1.59. The summed E-state index contributed by atoms with van der Waals surface area (Å²) in [4.78, 5) is 41.5. The van der Waals surface area contributed by atoms with Gasteiger partial charge in [-0.3, -0.25) is 19.5 Å². The second kappa shape index (κ2) is 18.7. The predicted molar refractivity (Wildman–Crippen MR) is 264 cm³/mol. The van der Waals surface area contributed by atoms with Crippen molar-refractivity contribution in [2.45, 2.75) is 131 Å². The molecular formula is C52H56F4N15O6+. The van der Waals surface area contributed by atoms with Crippen LogP contribution in [-0.4, -0.2) is 123 Å². The number of hydrogen-bond donors (Lipinski definition) is 6. The molecule has 6 aliphatic carbocycles. The molecule has 8 heterocycles. The van der Waals surface area contributed by atoms with Gasteiger partial charge in [0.15, 0.2) is 35.2 Å². The number of anilines is 4. The van der Waals surface area contributed by atoms with E-state index < -0.39 is 60.4 Å². The van der Waals surface area contributed by atoms with E-state index in [9.17, 15) is 18.4 Å². The lowest BCUT2D eigenvalue weighted by Gasteiger charge is -2.61. The summed E-state index contributed by atoms with van der Waals surface area (Å²) in [6.07, 6.45) is 8.36. The summed E-state index contributed by atoms with van der Waals surface area (Å²) in [5.74, 6) is 0.703. The lowest BCUT2D eigenvalue weighted by molar-refractivity contribution is -0.782. The van der Waals surface area contributed by atoms with Crippen LogP contribution in [0.5, 0.6) is 0 Å². The molecule has 6 aromatic heterocycles. The Morgan fingerprint density at radius 2 is 1.61 bits per heavy atom. The molecule has 25 heteroatoms. The molecule has 8 fully saturated rings. The number of rotatable bonds is 17. The van der Waals surface area contributed by atoms with Gasteiger partial charge in [0.25, 0.3) is 6.73 Å². The fourth-order valence-electron chi connectivity index (χ4n) is 12.7. The zero-order valence-corrected chi connectivity index (χ0v) is 41.6. The van der Waals surface area contributed by atoms with Gasteiger partial charge in [-0.25, -0.2) is 42.1 Å². The SMILES string of the molecule is O=C(NC12CC(C1)C2)O[C@@H]1CC[C@H](c2cc(Nc3nccn4c3cc(-c3cc(F)cc(F)c3)[n+]4COCC3CCN3Cc3cn4c(Nc5cc([C@H]6OC[C@@H](OC(=O)NC78CCC7CC8)[C@H]6F)[nH]n5)nccc4n3)n[nH]2)[C@@H]1F. The number of amides is 2. The Balaban J connectivity index is 0.612. The number of carbonyl (C=O) groups excluding carboxylic acids is 2. The zero-order valence-electron chi connectivity index (χ0n) is 41.6. The highest BCUT2D eigenvalue weighted by molar-refractivity contribution is 5.76. The second-order valence-corrected chi connectivity index (χ2v) is 22.1. The molecular weight excluding hydrogens is 1010 g/mol. The lowest BCUT2D eigenvalue weighted by Crippen LogP contribution is -2.68. The number of benzene rings is 1. The summed E-state index contributed by atoms with van der Waals surface area (Å²) in [5.41, 5.74) is 3.32. The van der Waals surface area contributed by atoms with Crippen LogP contribution >= 0.6 is 0 Å². The van der Waals surface area contributed by atoms with Crippen molar-refractivity contribution in [3.63, 3.8) is 0 Å². The molecule has 15 rings (SSSR count). The molecule has 0 spiro atoms. The Hall–Kier alpha value is -7.38. The molecule has 402 valence electrons. The number of alkyl halides is 2. The zero-order chi connectivity index (χ0) is 52.2. The van der Waals surface area contributed by atoms with E-state index in [4.69, 9.17) is 23.9 Å². The first kappa shape index (κ1) is 48.0. The molecule has 2 bridgehead atoms. The van der Waals surface area contributed by atoms with Gasteiger partial charge in [-0.15, -0.1) is 4.52 Å². The van der Waals surface area contributed by atoms with Crippen molar-refractivity contribution in [1.82, 2.24) is 59.8 Å². The van der Waals surface area contributed by atoms with Gasteiger partial charge in [-0.2, -0.15) is 10.2 Å². The first-order valence-corrected chi connectivity index (χ1v) is 26.4. The highest BCUT2D eigenvalue weighted by atomic mass is 19.1. The molecule has 2 saturated heterocycles. The van der Waals surface area contributed by atoms with E-state index in [1.54, 1.807) is 52.1 Å². The Bertz CT molecular complexity index is 3380. The standard InChI is InChI=1S/C52H55F4N15O6/c53-30-13-28(14-31(54)15-30)37-18-38-47(60-41-16-35(64-66-41)34-1-2-39(44(34)55)76-49(72)62-51-19-27(20-51)21-51)57-10-12-70(38)71(37)26-74-24-33-6-11-68(33)22-32-23-69-43(59-32)5-9-58-48(69)61-42-17-36(65-67-42)46-45(56)40(25-75-46)77-50(73)63-52-7-3-29(52)4-8-52/h5,9-10,12-18,23,27,29,33-34,39-40,44-46,57H,1-4,6-8,11,19-22,24-26H2,(H4,58,59,60,61,62,63,64,65,66,67,72,73)/p+1/t27?,29?,33?,34-,39-,40-,44+,45-,46-,51?,52?/m1/s1. The van der Waals surface area contributed by atoms with Gasteiger partial charge in [0.1, 0.15) is 35.7 Å². The Morgan fingerprint density at radius 3 is 2.35 bits per heavy atom. The Morgan fingerprint density at radius 1 is 0.844 bits per heavy atom. The molecule has 1 unspecified atom stereocenters. The number of likely N-dealkylation sites (tertiary alicyclic amines) is 1. The molecule has 1 aromatic carbocycles. The lowest BCUT2D eigenvalue weighted by atomic mass is 9.50. The number of aromatic nitrogens is 10. The van der Waals surface area contributed by atoms with E-state index >= 15 is 8.78 Å². The van der Waals surface area contributed by atoms with Gasteiger partial charge in [0, 0.05) is 78.5 Å². The largest absolute Gasteiger partial charge is 0.443 e. The Labute approximate surface area is 436 Å². The first-order valence-electron chi connectivity index (χ1n) is 26.4. The van der Waals surface area contributed by atoms with E-state index in [0.717, 1.165) is 69.7 Å². The van der Waals surface area contributed by atoms with Crippen LogP contribution in [0.2, 0.25) is 0 Å². The van der Waals surface area contributed by atoms with Crippen LogP contribution in [0.15, 0.2) is 67.3 Å². The quantitative estimate of drug-likeness (QED) is 0.0395. The van der Waals surface area contributed by atoms with E-state index in [2.05, 4.69) is 56.5 Å². The topological polar surface area (TPSA) is 231 Å². The van der Waals surface area contributed by atoms with Crippen molar-refractivity contribution in [3.05, 3.63) is 96.0 Å². The van der Waals surface area contributed by atoms with Crippen molar-refractivity contribution in [3.8, 4) is 11.3 Å². The van der Waals surface area contributed by atoms with E-state index in [-0.39, 0.29) is 36.0 Å². The fourth-order valence-corrected chi connectivity index (χ4v) is 12.7. The average Bonchev–Trinajstić information content (AvgIpc) is 4.41. The van der Waals surface area contributed by atoms with E-state index in [1.165, 1.54) is 12.1 Å².